The van der Waals surface area contributed by atoms with Crippen LogP contribution in [0.25, 0.3) is 0 Å². The Kier molecular flexibility index (Phi) is 7.36. The van der Waals surface area contributed by atoms with Gasteiger partial charge in [-0.3, -0.25) is 4.90 Å². The summed E-state index contributed by atoms with van der Waals surface area (Å²) in [4.78, 5) is 16.6. The Hall–Kier alpha value is -1.59. The number of nitrogens with two attached hydrogens (primary N) is 1. The van der Waals surface area contributed by atoms with Gasteiger partial charge in [0.15, 0.2) is 0 Å². The van der Waals surface area contributed by atoms with Crippen LogP contribution in [-0.2, 0) is 11.3 Å². The highest BCUT2D eigenvalue weighted by Gasteiger charge is 2.26. The monoisotopic (exact) mass is 319 g/mol. The Morgan fingerprint density at radius 1 is 1.35 bits per heavy atom. The van der Waals surface area contributed by atoms with Crippen LogP contribution >= 0.6 is 0 Å². The molecule has 1 aliphatic heterocycles. The number of likely N-dealkylation sites (N-methyl/N-ethyl adjacent to an activating group) is 1. The molecular formula is C18H29N3O2. The minimum Gasteiger partial charge on any atom is -0.445 e. The number of likely N-dealkylation sites (tertiary alicyclic amines) is 1. The molecule has 1 saturated heterocycles. The van der Waals surface area contributed by atoms with Crippen LogP contribution in [0.15, 0.2) is 30.3 Å². The van der Waals surface area contributed by atoms with Crippen molar-refractivity contribution in [1.29, 1.82) is 0 Å². The van der Waals surface area contributed by atoms with Crippen molar-refractivity contribution in [2.24, 2.45) is 5.73 Å². The lowest BCUT2D eigenvalue weighted by Gasteiger charge is -2.38. The van der Waals surface area contributed by atoms with Gasteiger partial charge in [-0.05, 0) is 31.9 Å². The highest BCUT2D eigenvalue weighted by Crippen LogP contribution is 2.18. The number of benzene rings is 1. The van der Waals surface area contributed by atoms with Crippen LogP contribution in [0.5, 0.6) is 0 Å². The molecule has 0 saturated carbocycles. The van der Waals surface area contributed by atoms with Gasteiger partial charge in [0.2, 0.25) is 0 Å². The molecule has 1 aromatic rings. The maximum absolute atomic E-state index is 12.3. The van der Waals surface area contributed by atoms with Crippen LogP contribution in [0.3, 0.4) is 0 Å². The van der Waals surface area contributed by atoms with Crippen molar-refractivity contribution in [2.75, 3.05) is 32.7 Å². The Balaban J connectivity index is 1.86. The summed E-state index contributed by atoms with van der Waals surface area (Å²) in [6.07, 6.45) is 3.35. The maximum atomic E-state index is 12.3. The average Bonchev–Trinajstić information content (AvgIpc) is 2.60. The molecule has 1 unspecified atom stereocenters. The van der Waals surface area contributed by atoms with Crippen LogP contribution < -0.4 is 5.73 Å². The molecule has 5 heteroatoms. The van der Waals surface area contributed by atoms with Gasteiger partial charge in [-0.2, -0.15) is 0 Å². The lowest BCUT2D eigenvalue weighted by molar-refractivity contribution is 0.0719. The molecule has 0 radical (unpaired) electrons. The van der Waals surface area contributed by atoms with E-state index in [1.807, 2.05) is 42.2 Å². The molecule has 128 valence electrons. The highest BCUT2D eigenvalue weighted by atomic mass is 16.6. The van der Waals surface area contributed by atoms with Crippen molar-refractivity contribution >= 4 is 6.09 Å². The summed E-state index contributed by atoms with van der Waals surface area (Å²) in [7, 11) is 0. The van der Waals surface area contributed by atoms with Gasteiger partial charge >= 0.3 is 6.09 Å². The fourth-order valence-electron chi connectivity index (χ4n) is 3.12. The number of carbonyl (C=O) groups excluding carboxylic acids is 1. The number of amides is 1. The normalized spacial score (nSPS) is 18.6. The van der Waals surface area contributed by atoms with Crippen molar-refractivity contribution in [3.8, 4) is 0 Å². The third-order valence-corrected chi connectivity index (χ3v) is 4.44. The van der Waals surface area contributed by atoms with Gasteiger partial charge < -0.3 is 15.4 Å². The Morgan fingerprint density at radius 3 is 2.83 bits per heavy atom. The molecule has 5 nitrogen and oxygen atoms in total. The fraction of sp³-hybridized carbons (Fsp3) is 0.611. The van der Waals surface area contributed by atoms with Crippen LogP contribution in [-0.4, -0.2) is 54.7 Å². The zero-order valence-corrected chi connectivity index (χ0v) is 14.1. The van der Waals surface area contributed by atoms with Crippen LogP contribution in [0.1, 0.15) is 31.7 Å². The predicted molar refractivity (Wildman–Crippen MR) is 92.1 cm³/mol. The van der Waals surface area contributed by atoms with Crippen molar-refractivity contribution < 1.29 is 9.53 Å². The highest BCUT2D eigenvalue weighted by molar-refractivity contribution is 5.67. The Bertz CT molecular complexity index is 465. The van der Waals surface area contributed by atoms with Gasteiger partial charge in [-0.15, -0.1) is 0 Å². The smallest absolute Gasteiger partial charge is 0.410 e. The van der Waals surface area contributed by atoms with E-state index in [0.29, 0.717) is 25.7 Å². The molecule has 0 aliphatic carbocycles. The van der Waals surface area contributed by atoms with Crippen LogP contribution in [0, 0.1) is 0 Å². The van der Waals surface area contributed by atoms with E-state index >= 15 is 0 Å². The number of carbonyl (C=O) groups is 1. The van der Waals surface area contributed by atoms with Gasteiger partial charge in [-0.25, -0.2) is 4.79 Å². The molecule has 1 fully saturated rings. The zero-order valence-electron chi connectivity index (χ0n) is 14.1. The molecule has 0 aromatic heterocycles. The number of ether oxygens (including phenoxy) is 1. The molecule has 2 rings (SSSR count). The first-order chi connectivity index (χ1) is 11.2. The molecule has 1 amide bonds. The topological polar surface area (TPSA) is 58.8 Å². The fourth-order valence-corrected chi connectivity index (χ4v) is 3.12. The summed E-state index contributed by atoms with van der Waals surface area (Å²) in [5, 5.41) is 0. The minimum absolute atomic E-state index is 0.227. The number of hydrogen-bond donors (Lipinski definition) is 1. The summed E-state index contributed by atoms with van der Waals surface area (Å²) in [6, 6.07) is 10.2. The first-order valence-electron chi connectivity index (χ1n) is 8.64. The second-order valence-corrected chi connectivity index (χ2v) is 6.05. The van der Waals surface area contributed by atoms with E-state index in [0.717, 1.165) is 31.6 Å². The molecule has 1 aliphatic rings. The largest absolute Gasteiger partial charge is 0.445 e. The van der Waals surface area contributed by atoms with Crippen LogP contribution in [0.2, 0.25) is 0 Å². The summed E-state index contributed by atoms with van der Waals surface area (Å²) < 4.78 is 5.46. The SMILES string of the molecule is CCN(CC1CCCCN1CCN)C(=O)OCc1ccccc1. The molecule has 0 bridgehead atoms. The third kappa shape index (κ3) is 5.52. The van der Waals surface area contributed by atoms with Gasteiger partial charge in [0.25, 0.3) is 0 Å². The van der Waals surface area contributed by atoms with Gasteiger partial charge in [0.05, 0.1) is 0 Å². The standard InChI is InChI=1S/C18H29N3O2/c1-2-20(14-17-10-6-7-12-21(17)13-11-19)18(22)23-15-16-8-4-3-5-9-16/h3-5,8-9,17H,2,6-7,10-15,19H2,1H3. The first kappa shape index (κ1) is 17.8. The molecular weight excluding hydrogens is 290 g/mol. The van der Waals surface area contributed by atoms with E-state index in [-0.39, 0.29) is 6.09 Å². The molecule has 0 spiro atoms. The second-order valence-electron chi connectivity index (χ2n) is 6.05. The lowest BCUT2D eigenvalue weighted by Crippen LogP contribution is -2.49. The maximum Gasteiger partial charge on any atom is 0.410 e. The molecule has 1 heterocycles. The lowest BCUT2D eigenvalue weighted by atomic mass is 10.0. The van der Waals surface area contributed by atoms with Crippen molar-refractivity contribution in [2.45, 2.75) is 38.8 Å². The molecule has 1 aromatic carbocycles. The van der Waals surface area contributed by atoms with Gasteiger partial charge in [0.1, 0.15) is 6.61 Å². The first-order valence-corrected chi connectivity index (χ1v) is 8.64. The van der Waals surface area contributed by atoms with Crippen molar-refractivity contribution in [3.05, 3.63) is 35.9 Å². The number of nitrogens with zero attached hydrogens (tertiary/aromatic N) is 2. The summed E-state index contributed by atoms with van der Waals surface area (Å²) in [5.74, 6) is 0. The molecule has 1 atom stereocenters. The average molecular weight is 319 g/mol. The second kappa shape index (κ2) is 9.53. The van der Waals surface area contributed by atoms with Crippen molar-refractivity contribution in [3.63, 3.8) is 0 Å². The molecule has 23 heavy (non-hydrogen) atoms. The van der Waals surface area contributed by atoms with E-state index in [2.05, 4.69) is 4.90 Å². The number of piperidine rings is 1. The number of rotatable bonds is 7. The van der Waals surface area contributed by atoms with Gasteiger partial charge in [-0.1, -0.05) is 36.8 Å². The Morgan fingerprint density at radius 2 is 2.13 bits per heavy atom. The third-order valence-electron chi connectivity index (χ3n) is 4.44. The number of hydrogen-bond acceptors (Lipinski definition) is 4. The van der Waals surface area contributed by atoms with E-state index in [1.165, 1.54) is 12.8 Å². The summed E-state index contributed by atoms with van der Waals surface area (Å²) >= 11 is 0. The minimum atomic E-state index is -0.227. The Labute approximate surface area is 139 Å². The van der Waals surface area contributed by atoms with E-state index in [4.69, 9.17) is 10.5 Å². The summed E-state index contributed by atoms with van der Waals surface area (Å²) in [5.41, 5.74) is 6.72. The molecule has 2 N–H and O–H groups in total. The van der Waals surface area contributed by atoms with E-state index < -0.39 is 0 Å². The quantitative estimate of drug-likeness (QED) is 0.839. The predicted octanol–water partition coefficient (Wildman–Crippen LogP) is 2.46. The zero-order chi connectivity index (χ0) is 16.5. The van der Waals surface area contributed by atoms with Crippen LogP contribution in [0.4, 0.5) is 4.79 Å². The van der Waals surface area contributed by atoms with Gasteiger partial charge in [0, 0.05) is 32.2 Å². The van der Waals surface area contributed by atoms with Crippen molar-refractivity contribution in [1.82, 2.24) is 9.80 Å². The van der Waals surface area contributed by atoms with E-state index in [9.17, 15) is 4.79 Å². The summed E-state index contributed by atoms with van der Waals surface area (Å²) in [6.45, 7) is 6.37. The van der Waals surface area contributed by atoms with E-state index in [1.54, 1.807) is 0 Å².